The summed E-state index contributed by atoms with van der Waals surface area (Å²) in [6, 6.07) is 10.5. The summed E-state index contributed by atoms with van der Waals surface area (Å²) < 4.78 is 39.7. The van der Waals surface area contributed by atoms with E-state index in [1.165, 1.54) is 22.9 Å². The first-order chi connectivity index (χ1) is 13.8. The molecule has 2 heterocycles. The second-order valence-corrected chi connectivity index (χ2v) is 9.50. The van der Waals surface area contributed by atoms with Crippen molar-refractivity contribution in [2.45, 2.75) is 5.75 Å². The van der Waals surface area contributed by atoms with Crippen LogP contribution in [-0.4, -0.2) is 30.2 Å². The van der Waals surface area contributed by atoms with E-state index in [2.05, 4.69) is 5.10 Å². The van der Waals surface area contributed by atoms with Gasteiger partial charge in [-0.1, -0.05) is 35.3 Å². The Kier molecular flexibility index (Phi) is 5.06. The molecule has 0 fully saturated rings. The maximum Gasteiger partial charge on any atom is 0.170 e. The van der Waals surface area contributed by atoms with E-state index in [1.54, 1.807) is 30.3 Å². The second-order valence-electron chi connectivity index (χ2n) is 6.59. The summed E-state index contributed by atoms with van der Waals surface area (Å²) in [5.74, 6) is -0.945. The topological polar surface area (TPSA) is 69.0 Å². The van der Waals surface area contributed by atoms with Crippen LogP contribution in [-0.2, 0) is 15.6 Å². The van der Waals surface area contributed by atoms with Gasteiger partial charge in [0.1, 0.15) is 11.5 Å². The number of rotatable bonds is 3. The number of carbonyl (C=O) groups excluding carboxylic acids is 1. The van der Waals surface area contributed by atoms with E-state index in [-0.39, 0.29) is 17.2 Å². The zero-order chi connectivity index (χ0) is 20.8. The number of fused-ring (bicyclic) bond motifs is 1. The van der Waals surface area contributed by atoms with Gasteiger partial charge in [0, 0.05) is 10.6 Å². The lowest BCUT2D eigenvalue weighted by molar-refractivity contribution is 0.111. The maximum atomic E-state index is 13.2. The maximum absolute atomic E-state index is 13.2. The van der Waals surface area contributed by atoms with Gasteiger partial charge in [0.2, 0.25) is 0 Å². The molecule has 4 rings (SSSR count). The highest BCUT2D eigenvalue weighted by atomic mass is 35.5. The normalized spacial score (nSPS) is 16.6. The molecular weight excluding hydrogens is 438 g/mol. The van der Waals surface area contributed by atoms with E-state index in [9.17, 15) is 17.6 Å². The van der Waals surface area contributed by atoms with Gasteiger partial charge in [-0.25, -0.2) is 17.5 Å². The van der Waals surface area contributed by atoms with Crippen molar-refractivity contribution in [3.63, 3.8) is 0 Å². The molecule has 0 radical (unpaired) electrons. The van der Waals surface area contributed by atoms with E-state index < -0.39 is 15.7 Å². The fraction of sp³-hybridized carbons (Fsp3) is 0.100. The molecule has 2 aromatic carbocycles. The molecule has 148 valence electrons. The predicted octanol–water partition coefficient (Wildman–Crippen LogP) is 4.60. The summed E-state index contributed by atoms with van der Waals surface area (Å²) in [7, 11) is -3.50. The van der Waals surface area contributed by atoms with Gasteiger partial charge < -0.3 is 0 Å². The smallest absolute Gasteiger partial charge is 0.170 e. The Morgan fingerprint density at radius 3 is 2.45 bits per heavy atom. The highest BCUT2D eigenvalue weighted by Gasteiger charge is 2.33. The lowest BCUT2D eigenvalue weighted by atomic mass is 10.0. The standard InChI is InChI=1S/C20H13Cl2FN2O3S/c21-14-3-6-19(17(22)8-14)25-20-13(7-12-1-4-15(23)5-2-12)10-29(27,28)11-16(20)18(9-26)24-25/h1-9H,10-11H2/b13-7+. The molecule has 1 aliphatic rings. The zero-order valence-electron chi connectivity index (χ0n) is 14.8. The van der Waals surface area contributed by atoms with Gasteiger partial charge in [-0.15, -0.1) is 0 Å². The van der Waals surface area contributed by atoms with Crippen LogP contribution in [0, 0.1) is 5.82 Å². The summed E-state index contributed by atoms with van der Waals surface area (Å²) in [6.07, 6.45) is 2.17. The Balaban J connectivity index is 1.99. The van der Waals surface area contributed by atoms with Crippen molar-refractivity contribution in [3.8, 4) is 5.69 Å². The Morgan fingerprint density at radius 1 is 1.07 bits per heavy atom. The molecule has 9 heteroatoms. The third-order valence-electron chi connectivity index (χ3n) is 4.52. The number of sulfone groups is 1. The van der Waals surface area contributed by atoms with Crippen LogP contribution in [0.1, 0.15) is 27.3 Å². The van der Waals surface area contributed by atoms with Crippen LogP contribution in [0.3, 0.4) is 0 Å². The molecule has 0 amide bonds. The zero-order valence-corrected chi connectivity index (χ0v) is 17.1. The summed E-state index contributed by atoms with van der Waals surface area (Å²) in [5.41, 5.74) is 2.33. The molecule has 0 unspecified atom stereocenters. The van der Waals surface area contributed by atoms with Gasteiger partial charge in [0.05, 0.1) is 27.9 Å². The quantitative estimate of drug-likeness (QED) is 0.546. The highest BCUT2D eigenvalue weighted by molar-refractivity contribution is 7.91. The summed E-state index contributed by atoms with van der Waals surface area (Å²) >= 11 is 12.3. The number of carbonyl (C=O) groups is 1. The van der Waals surface area contributed by atoms with Crippen molar-refractivity contribution in [1.82, 2.24) is 9.78 Å². The van der Waals surface area contributed by atoms with E-state index in [0.29, 0.717) is 44.4 Å². The molecule has 0 saturated carbocycles. The highest BCUT2D eigenvalue weighted by Crippen LogP contribution is 2.36. The lowest BCUT2D eigenvalue weighted by Gasteiger charge is -2.19. The SMILES string of the molecule is O=Cc1nn(-c2ccc(Cl)cc2Cl)c2c1CS(=O)(=O)C/C2=C\c1ccc(F)cc1. The summed E-state index contributed by atoms with van der Waals surface area (Å²) in [6.45, 7) is 0. The number of aldehydes is 1. The Bertz CT molecular complexity index is 1270. The van der Waals surface area contributed by atoms with Crippen LogP contribution in [0.5, 0.6) is 0 Å². The molecular formula is C20H13Cl2FN2O3S. The summed E-state index contributed by atoms with van der Waals surface area (Å²) in [5, 5.41) is 5.03. The van der Waals surface area contributed by atoms with Crippen LogP contribution >= 0.6 is 23.2 Å². The molecule has 0 spiro atoms. The number of nitrogens with zero attached hydrogens (tertiary/aromatic N) is 2. The Labute approximate surface area is 176 Å². The molecule has 5 nitrogen and oxygen atoms in total. The van der Waals surface area contributed by atoms with Crippen LogP contribution < -0.4 is 0 Å². The number of hydrogen-bond acceptors (Lipinski definition) is 4. The van der Waals surface area contributed by atoms with E-state index in [4.69, 9.17) is 23.2 Å². The number of hydrogen-bond donors (Lipinski definition) is 0. The van der Waals surface area contributed by atoms with Gasteiger partial charge in [-0.3, -0.25) is 4.79 Å². The minimum atomic E-state index is -3.50. The van der Waals surface area contributed by atoms with E-state index in [1.807, 2.05) is 0 Å². The van der Waals surface area contributed by atoms with Gasteiger partial charge in [0.25, 0.3) is 0 Å². The molecule has 0 bridgehead atoms. The van der Waals surface area contributed by atoms with Crippen molar-refractivity contribution in [3.05, 3.63) is 80.8 Å². The third-order valence-corrected chi connectivity index (χ3v) is 6.54. The van der Waals surface area contributed by atoms with Crippen molar-refractivity contribution in [2.75, 3.05) is 5.75 Å². The predicted molar refractivity (Wildman–Crippen MR) is 111 cm³/mol. The van der Waals surface area contributed by atoms with Crippen LogP contribution in [0.15, 0.2) is 42.5 Å². The lowest BCUT2D eigenvalue weighted by Crippen LogP contribution is -2.20. The van der Waals surface area contributed by atoms with Crippen molar-refractivity contribution in [2.24, 2.45) is 0 Å². The van der Waals surface area contributed by atoms with Crippen LogP contribution in [0.2, 0.25) is 10.0 Å². The fourth-order valence-electron chi connectivity index (χ4n) is 3.31. The molecule has 1 aliphatic heterocycles. The third kappa shape index (κ3) is 3.85. The van der Waals surface area contributed by atoms with E-state index >= 15 is 0 Å². The average molecular weight is 451 g/mol. The van der Waals surface area contributed by atoms with E-state index in [0.717, 1.165) is 0 Å². The molecule has 0 atom stereocenters. The molecule has 0 saturated heterocycles. The van der Waals surface area contributed by atoms with Gasteiger partial charge >= 0.3 is 0 Å². The van der Waals surface area contributed by atoms with Gasteiger partial charge in [-0.05, 0) is 47.5 Å². The van der Waals surface area contributed by atoms with Crippen LogP contribution in [0.4, 0.5) is 4.39 Å². The summed E-state index contributed by atoms with van der Waals surface area (Å²) in [4.78, 5) is 11.6. The first-order valence-electron chi connectivity index (χ1n) is 8.47. The largest absolute Gasteiger partial charge is 0.296 e. The Morgan fingerprint density at radius 2 is 1.79 bits per heavy atom. The number of benzene rings is 2. The van der Waals surface area contributed by atoms with Gasteiger partial charge in [-0.2, -0.15) is 5.10 Å². The first kappa shape index (κ1) is 19.8. The van der Waals surface area contributed by atoms with Crippen molar-refractivity contribution < 1.29 is 17.6 Å². The molecule has 3 aromatic rings. The van der Waals surface area contributed by atoms with Gasteiger partial charge in [0.15, 0.2) is 16.1 Å². The average Bonchev–Trinajstić information content (AvgIpc) is 3.00. The van der Waals surface area contributed by atoms with Crippen molar-refractivity contribution >= 4 is 51.0 Å². The number of aromatic nitrogens is 2. The van der Waals surface area contributed by atoms with Crippen LogP contribution in [0.25, 0.3) is 17.3 Å². The van der Waals surface area contributed by atoms with Crippen molar-refractivity contribution in [1.29, 1.82) is 0 Å². The number of halogens is 3. The minimum Gasteiger partial charge on any atom is -0.296 e. The molecule has 0 N–H and O–H groups in total. The first-order valence-corrected chi connectivity index (χ1v) is 11.0. The molecule has 1 aromatic heterocycles. The second kappa shape index (κ2) is 7.40. The molecule has 0 aliphatic carbocycles. The molecule has 29 heavy (non-hydrogen) atoms. The minimum absolute atomic E-state index is 0.0271. The monoisotopic (exact) mass is 450 g/mol. The fourth-order valence-corrected chi connectivity index (χ4v) is 5.32. The Hall–Kier alpha value is -2.48.